The van der Waals surface area contributed by atoms with Crippen LogP contribution in [0.3, 0.4) is 0 Å². The minimum atomic E-state index is -4.45. The Morgan fingerprint density at radius 1 is 1.45 bits per heavy atom. The number of carbonyl (C=O) groups is 1. The molecule has 0 N–H and O–H groups in total. The molecule has 7 heteroatoms. The van der Waals surface area contributed by atoms with E-state index in [-0.39, 0.29) is 47.2 Å². The number of rotatable bonds is 5. The predicted octanol–water partition coefficient (Wildman–Crippen LogP) is 3.93. The van der Waals surface area contributed by atoms with Crippen LogP contribution in [0.4, 0.5) is 13.2 Å². The SMILES string of the molecule is CCOC(=O)c1cccc(SC(F)(F)F)c1CCC#N. The molecule has 3 nitrogen and oxygen atoms in total. The summed E-state index contributed by atoms with van der Waals surface area (Å²) in [5, 5.41) is 8.59. The molecular weight excluding hydrogens is 291 g/mol. The summed E-state index contributed by atoms with van der Waals surface area (Å²) in [6, 6.07) is 5.93. The van der Waals surface area contributed by atoms with E-state index in [0.717, 1.165) is 0 Å². The van der Waals surface area contributed by atoms with Gasteiger partial charge in [0.05, 0.1) is 18.2 Å². The van der Waals surface area contributed by atoms with Crippen LogP contribution in [0.1, 0.15) is 29.3 Å². The lowest BCUT2D eigenvalue weighted by molar-refractivity contribution is -0.0328. The number of halogens is 3. The van der Waals surface area contributed by atoms with Crippen LogP contribution in [-0.4, -0.2) is 18.1 Å². The molecule has 0 bridgehead atoms. The van der Waals surface area contributed by atoms with Gasteiger partial charge in [-0.3, -0.25) is 0 Å². The van der Waals surface area contributed by atoms with Crippen LogP contribution in [0.5, 0.6) is 0 Å². The summed E-state index contributed by atoms with van der Waals surface area (Å²) in [6.45, 7) is 1.74. The van der Waals surface area contributed by atoms with Crippen molar-refractivity contribution in [2.45, 2.75) is 30.2 Å². The van der Waals surface area contributed by atoms with Crippen molar-refractivity contribution in [3.05, 3.63) is 29.3 Å². The standard InChI is InChI=1S/C13H12F3NO2S/c1-2-19-12(18)10-5-3-7-11(20-13(14,15)16)9(10)6-4-8-17/h3,5,7H,2,4,6H2,1H3. The van der Waals surface area contributed by atoms with Crippen molar-refractivity contribution in [2.24, 2.45) is 0 Å². The molecule has 1 aromatic carbocycles. The summed E-state index contributed by atoms with van der Waals surface area (Å²) in [4.78, 5) is 11.7. The Morgan fingerprint density at radius 3 is 2.70 bits per heavy atom. The molecule has 0 aliphatic rings. The van der Waals surface area contributed by atoms with Crippen molar-refractivity contribution in [3.63, 3.8) is 0 Å². The molecule has 108 valence electrons. The van der Waals surface area contributed by atoms with Gasteiger partial charge in [-0.15, -0.1) is 0 Å². The second-order valence-corrected chi connectivity index (χ2v) is 4.82. The van der Waals surface area contributed by atoms with Gasteiger partial charge in [0.25, 0.3) is 0 Å². The topological polar surface area (TPSA) is 50.1 Å². The van der Waals surface area contributed by atoms with Gasteiger partial charge in [0.1, 0.15) is 0 Å². The number of ether oxygens (including phenoxy) is 1. The first-order valence-corrected chi connectivity index (χ1v) is 6.62. The van der Waals surface area contributed by atoms with E-state index in [4.69, 9.17) is 10.00 Å². The molecule has 0 radical (unpaired) electrons. The minimum absolute atomic E-state index is 0.0296. The van der Waals surface area contributed by atoms with Gasteiger partial charge in [0, 0.05) is 11.3 Å². The van der Waals surface area contributed by atoms with E-state index >= 15 is 0 Å². The molecule has 0 spiro atoms. The van der Waals surface area contributed by atoms with Crippen LogP contribution >= 0.6 is 11.8 Å². The molecule has 0 heterocycles. The van der Waals surface area contributed by atoms with E-state index < -0.39 is 11.5 Å². The van der Waals surface area contributed by atoms with Gasteiger partial charge in [0.15, 0.2) is 0 Å². The zero-order valence-corrected chi connectivity index (χ0v) is 11.5. The highest BCUT2D eigenvalue weighted by atomic mass is 32.2. The van der Waals surface area contributed by atoms with Crippen LogP contribution in [0.25, 0.3) is 0 Å². The molecular formula is C13H12F3NO2S. The number of carbonyl (C=O) groups excluding carboxylic acids is 1. The van der Waals surface area contributed by atoms with Gasteiger partial charge in [0.2, 0.25) is 0 Å². The Balaban J connectivity index is 3.19. The highest BCUT2D eigenvalue weighted by molar-refractivity contribution is 8.00. The van der Waals surface area contributed by atoms with Gasteiger partial charge in [-0.05, 0) is 42.8 Å². The maximum Gasteiger partial charge on any atom is 0.446 e. The first-order valence-electron chi connectivity index (χ1n) is 5.80. The van der Waals surface area contributed by atoms with E-state index in [1.807, 2.05) is 6.07 Å². The fourth-order valence-electron chi connectivity index (χ4n) is 1.62. The summed E-state index contributed by atoms with van der Waals surface area (Å²) in [5.74, 6) is -0.676. The van der Waals surface area contributed by atoms with Gasteiger partial charge in [-0.25, -0.2) is 4.79 Å². The van der Waals surface area contributed by atoms with Crippen LogP contribution in [-0.2, 0) is 11.2 Å². The highest BCUT2D eigenvalue weighted by Crippen LogP contribution is 2.39. The smallest absolute Gasteiger partial charge is 0.446 e. The lowest BCUT2D eigenvalue weighted by Gasteiger charge is -2.14. The fourth-order valence-corrected chi connectivity index (χ4v) is 2.36. The highest BCUT2D eigenvalue weighted by Gasteiger charge is 2.31. The first kappa shape index (κ1) is 16.4. The van der Waals surface area contributed by atoms with Crippen molar-refractivity contribution in [1.29, 1.82) is 5.26 Å². The Kier molecular flexibility index (Phi) is 5.89. The summed E-state index contributed by atoms with van der Waals surface area (Å²) in [7, 11) is 0. The lowest BCUT2D eigenvalue weighted by Crippen LogP contribution is -2.10. The number of benzene rings is 1. The average molecular weight is 303 g/mol. The quantitative estimate of drug-likeness (QED) is 0.611. The summed E-state index contributed by atoms with van der Waals surface area (Å²) < 4.78 is 42.3. The number of nitrogens with zero attached hydrogens (tertiary/aromatic N) is 1. The molecule has 20 heavy (non-hydrogen) atoms. The van der Waals surface area contributed by atoms with E-state index in [0.29, 0.717) is 0 Å². The maximum absolute atomic E-state index is 12.5. The Morgan fingerprint density at radius 2 is 2.15 bits per heavy atom. The second kappa shape index (κ2) is 7.20. The van der Waals surface area contributed by atoms with Gasteiger partial charge in [-0.1, -0.05) is 6.07 Å². The second-order valence-electron chi connectivity index (χ2n) is 3.71. The number of hydrogen-bond donors (Lipinski definition) is 0. The molecule has 1 aromatic rings. The van der Waals surface area contributed by atoms with E-state index in [1.165, 1.54) is 18.2 Å². The molecule has 0 unspecified atom stereocenters. The Bertz CT molecular complexity index is 523. The van der Waals surface area contributed by atoms with Crippen LogP contribution in [0.15, 0.2) is 23.1 Å². The van der Waals surface area contributed by atoms with E-state index in [1.54, 1.807) is 6.92 Å². The third-order valence-corrected chi connectivity index (χ3v) is 3.17. The maximum atomic E-state index is 12.5. The lowest BCUT2D eigenvalue weighted by atomic mass is 10.0. The number of alkyl halides is 3. The zero-order valence-electron chi connectivity index (χ0n) is 10.7. The Labute approximate surface area is 118 Å². The van der Waals surface area contributed by atoms with Crippen molar-refractivity contribution in [2.75, 3.05) is 6.61 Å². The van der Waals surface area contributed by atoms with Crippen LogP contribution in [0, 0.1) is 11.3 Å². The number of esters is 1. The van der Waals surface area contributed by atoms with Gasteiger partial charge in [-0.2, -0.15) is 18.4 Å². The molecule has 0 aliphatic heterocycles. The summed E-state index contributed by atoms with van der Waals surface area (Å²) in [6.07, 6.45) is 0.103. The number of thioether (sulfide) groups is 1. The minimum Gasteiger partial charge on any atom is -0.462 e. The van der Waals surface area contributed by atoms with E-state index in [2.05, 4.69) is 0 Å². The third-order valence-electron chi connectivity index (χ3n) is 2.34. The molecule has 0 aliphatic carbocycles. The largest absolute Gasteiger partial charge is 0.462 e. The molecule has 0 amide bonds. The van der Waals surface area contributed by atoms with Gasteiger partial charge >= 0.3 is 11.5 Å². The molecule has 0 saturated carbocycles. The zero-order chi connectivity index (χ0) is 15.2. The molecule has 0 saturated heterocycles. The van der Waals surface area contributed by atoms with Crippen LogP contribution < -0.4 is 0 Å². The summed E-state index contributed by atoms with van der Waals surface area (Å²) >= 11 is -0.290. The van der Waals surface area contributed by atoms with Crippen molar-refractivity contribution >= 4 is 17.7 Å². The normalized spacial score (nSPS) is 10.9. The van der Waals surface area contributed by atoms with Crippen molar-refractivity contribution < 1.29 is 22.7 Å². The third kappa shape index (κ3) is 4.78. The number of nitriles is 1. The molecule has 0 aromatic heterocycles. The first-order chi connectivity index (χ1) is 9.39. The molecule has 0 atom stereocenters. The van der Waals surface area contributed by atoms with Gasteiger partial charge < -0.3 is 4.74 Å². The fraction of sp³-hybridized carbons (Fsp3) is 0.385. The monoisotopic (exact) mass is 303 g/mol. The predicted molar refractivity (Wildman–Crippen MR) is 68.2 cm³/mol. The Hall–Kier alpha value is -1.68. The van der Waals surface area contributed by atoms with Crippen molar-refractivity contribution in [3.8, 4) is 6.07 Å². The van der Waals surface area contributed by atoms with Crippen LogP contribution in [0.2, 0.25) is 0 Å². The number of hydrogen-bond acceptors (Lipinski definition) is 4. The molecule has 0 fully saturated rings. The van der Waals surface area contributed by atoms with Crippen molar-refractivity contribution in [1.82, 2.24) is 0 Å². The summed E-state index contributed by atoms with van der Waals surface area (Å²) in [5.41, 5.74) is -4.17. The van der Waals surface area contributed by atoms with E-state index in [9.17, 15) is 18.0 Å². The average Bonchev–Trinajstić information content (AvgIpc) is 2.35. The molecule has 1 rings (SSSR count).